The van der Waals surface area contributed by atoms with E-state index in [1.165, 1.54) is 12.4 Å². The first kappa shape index (κ1) is 45.7. The molecule has 22 nitrogen and oxygen atoms in total. The molecule has 10 rings (SSSR count). The smallest absolute Gasteiger partial charge is 0.261 e. The molecule has 2 fully saturated rings. The largest absolute Gasteiger partial charge is 0.490 e. The molecule has 0 radical (unpaired) electrons. The molecule has 22 heteroatoms. The number of aromatic nitrogens is 6. The number of carbonyl (C=O) groups is 4. The van der Waals surface area contributed by atoms with Crippen LogP contribution in [0.15, 0.2) is 73.6 Å². The van der Waals surface area contributed by atoms with Crippen LogP contribution in [0.1, 0.15) is 45.7 Å². The second-order valence-corrected chi connectivity index (χ2v) is 18.1. The number of hydrogen-bond donors (Lipinski definition) is 6. The van der Waals surface area contributed by atoms with Gasteiger partial charge in [-0.3, -0.25) is 29.0 Å². The van der Waals surface area contributed by atoms with Gasteiger partial charge in [-0.25, -0.2) is 19.0 Å². The highest BCUT2D eigenvalue weighted by atomic mass is 16.5. The molecule has 2 atom stereocenters. The summed E-state index contributed by atoms with van der Waals surface area (Å²) in [6.45, 7) is 9.60. The lowest BCUT2D eigenvalue weighted by atomic mass is 9.93. The van der Waals surface area contributed by atoms with Crippen molar-refractivity contribution in [2.45, 2.75) is 37.9 Å². The molecular formula is C46H54N14O8. The van der Waals surface area contributed by atoms with Gasteiger partial charge in [-0.05, 0) is 49.2 Å². The monoisotopic (exact) mass is 930 g/mol. The lowest BCUT2D eigenvalue weighted by Crippen LogP contribution is -2.49. The van der Waals surface area contributed by atoms with Crippen molar-refractivity contribution in [3.63, 3.8) is 0 Å². The molecule has 8 N–H and O–H groups in total. The topological polar surface area (TPSA) is 277 Å². The third-order valence-electron chi connectivity index (χ3n) is 12.3. The number of anilines is 4. The molecule has 356 valence electrons. The van der Waals surface area contributed by atoms with Gasteiger partial charge in [0.15, 0.2) is 11.3 Å². The minimum absolute atomic E-state index is 0.200. The van der Waals surface area contributed by atoms with Gasteiger partial charge in [-0.2, -0.15) is 10.2 Å². The summed E-state index contributed by atoms with van der Waals surface area (Å²) >= 11 is 0. The van der Waals surface area contributed by atoms with Crippen molar-refractivity contribution >= 4 is 57.7 Å². The Morgan fingerprint density at radius 2 is 1.03 bits per heavy atom. The molecule has 4 aliphatic heterocycles. The molecule has 0 aliphatic carbocycles. The highest BCUT2D eigenvalue weighted by molar-refractivity contribution is 6.10. The molecule has 6 aromatic rings. The number of amides is 4. The fourth-order valence-electron chi connectivity index (χ4n) is 8.97. The van der Waals surface area contributed by atoms with Gasteiger partial charge in [-0.15, -0.1) is 0 Å². The maximum absolute atomic E-state index is 13.2. The number of aliphatic hydroxyl groups is 2. The first-order chi connectivity index (χ1) is 32.6. The Morgan fingerprint density at radius 3 is 1.41 bits per heavy atom. The van der Waals surface area contributed by atoms with Crippen LogP contribution in [0.5, 0.6) is 11.5 Å². The number of fused-ring (bicyclic) bond motifs is 4. The predicted molar refractivity (Wildman–Crippen MR) is 250 cm³/mol. The minimum atomic E-state index is -0.984. The average Bonchev–Trinajstić information content (AvgIpc) is 3.94. The average molecular weight is 931 g/mol. The normalized spacial score (nSPS) is 20.6. The second kappa shape index (κ2) is 18.7. The molecule has 4 aromatic heterocycles. The van der Waals surface area contributed by atoms with Crippen LogP contribution in [0.3, 0.4) is 0 Å². The van der Waals surface area contributed by atoms with Gasteiger partial charge in [0, 0.05) is 102 Å². The van der Waals surface area contributed by atoms with E-state index < -0.39 is 11.2 Å². The maximum atomic E-state index is 13.2. The van der Waals surface area contributed by atoms with Crippen LogP contribution in [-0.4, -0.2) is 163 Å². The SMILES string of the molecule is C[C@@]1(O)COc2cc(N3CCN(CC(N)=O)CC3)c(NC(=O)c3cnn4cccnc34)cc2C1.C[C@]1(O)COc2cc(N3CCN(CC(N)=O)CC3)c(NC(=O)c3cnn4cccnc34)cc2C1. The Morgan fingerprint density at radius 1 is 0.632 bits per heavy atom. The summed E-state index contributed by atoms with van der Waals surface area (Å²) in [5.41, 5.74) is 14.9. The van der Waals surface area contributed by atoms with Crippen LogP contribution in [0.25, 0.3) is 11.3 Å². The van der Waals surface area contributed by atoms with Crippen LogP contribution in [-0.2, 0) is 22.4 Å². The molecule has 0 unspecified atom stereocenters. The van der Waals surface area contributed by atoms with Gasteiger partial charge < -0.3 is 51.6 Å². The maximum Gasteiger partial charge on any atom is 0.261 e. The van der Waals surface area contributed by atoms with Gasteiger partial charge >= 0.3 is 0 Å². The summed E-state index contributed by atoms with van der Waals surface area (Å²) in [7, 11) is 0. The lowest BCUT2D eigenvalue weighted by molar-refractivity contribution is -0.120. The standard InChI is InChI=1S/2C23H27N7O4/c2*1-23(33)11-15-9-17(27-22(32)16-12-26-30-4-2-3-25-21(16)30)18(10-19(15)34-14-23)29-7-5-28(6-8-29)13-20(24)31/h2*2-4,9-10,12,33H,5-8,11,13-14H2,1H3,(H2,24,31)(H,27,32)/t2*23-/m10/s1. The highest BCUT2D eigenvalue weighted by Gasteiger charge is 2.33. The van der Waals surface area contributed by atoms with Crippen LogP contribution in [0.4, 0.5) is 22.7 Å². The Labute approximate surface area is 390 Å². The number of piperazine rings is 2. The molecule has 0 bridgehead atoms. The number of benzene rings is 2. The Balaban J connectivity index is 0.000000170. The van der Waals surface area contributed by atoms with E-state index in [1.807, 2.05) is 34.1 Å². The van der Waals surface area contributed by atoms with E-state index in [0.717, 1.165) is 22.5 Å². The first-order valence-electron chi connectivity index (χ1n) is 22.3. The number of ether oxygens (including phenoxy) is 2. The zero-order valence-corrected chi connectivity index (χ0v) is 37.8. The fourth-order valence-corrected chi connectivity index (χ4v) is 8.97. The second-order valence-electron chi connectivity index (χ2n) is 18.1. The van der Waals surface area contributed by atoms with Crippen LogP contribution >= 0.6 is 0 Å². The summed E-state index contributed by atoms with van der Waals surface area (Å²) in [6.07, 6.45) is 10.5. The van der Waals surface area contributed by atoms with E-state index in [-0.39, 0.29) is 49.9 Å². The summed E-state index contributed by atoms with van der Waals surface area (Å²) in [4.78, 5) is 65.9. The fraction of sp³-hybridized carbons (Fsp3) is 0.391. The number of nitrogens with one attached hydrogen (secondary N) is 2. The number of nitrogens with zero attached hydrogens (tertiary/aromatic N) is 10. The van der Waals surface area contributed by atoms with Crippen molar-refractivity contribution in [2.75, 3.05) is 99.1 Å². The molecule has 68 heavy (non-hydrogen) atoms. The number of carbonyl (C=O) groups excluding carboxylic acids is 4. The zero-order chi connectivity index (χ0) is 47.7. The van der Waals surface area contributed by atoms with Crippen molar-refractivity contribution in [3.8, 4) is 11.5 Å². The van der Waals surface area contributed by atoms with Crippen molar-refractivity contribution in [3.05, 3.63) is 95.8 Å². The molecule has 2 saturated heterocycles. The van der Waals surface area contributed by atoms with Crippen LogP contribution in [0, 0.1) is 0 Å². The highest BCUT2D eigenvalue weighted by Crippen LogP contribution is 2.41. The number of hydrogen-bond acceptors (Lipinski definition) is 16. The predicted octanol–water partition coefficient (Wildman–Crippen LogP) is 0.550. The van der Waals surface area contributed by atoms with Gasteiger partial charge in [0.05, 0.1) is 59.4 Å². The minimum Gasteiger partial charge on any atom is -0.490 e. The Bertz CT molecular complexity index is 2690. The van der Waals surface area contributed by atoms with Crippen LogP contribution in [0.2, 0.25) is 0 Å². The van der Waals surface area contributed by atoms with E-state index in [4.69, 9.17) is 20.9 Å². The quantitative estimate of drug-likeness (QED) is 0.109. The van der Waals surface area contributed by atoms with Gasteiger partial charge in [0.2, 0.25) is 11.8 Å². The number of primary amides is 2. The zero-order valence-electron chi connectivity index (χ0n) is 37.8. The molecule has 0 saturated carbocycles. The van der Waals surface area contributed by atoms with Crippen molar-refractivity contribution in [2.24, 2.45) is 11.5 Å². The molecule has 4 amide bonds. The Kier molecular flexibility index (Phi) is 12.6. The van der Waals surface area contributed by atoms with E-state index >= 15 is 0 Å². The summed E-state index contributed by atoms with van der Waals surface area (Å²) in [6, 6.07) is 11.0. The molecule has 4 aliphatic rings. The van der Waals surface area contributed by atoms with Gasteiger partial charge in [0.25, 0.3) is 11.8 Å². The molecule has 0 spiro atoms. The Hall–Kier alpha value is -7.40. The van der Waals surface area contributed by atoms with E-state index in [0.29, 0.717) is 110 Å². The van der Waals surface area contributed by atoms with E-state index in [9.17, 15) is 29.4 Å². The van der Waals surface area contributed by atoms with Crippen molar-refractivity contribution in [1.29, 1.82) is 0 Å². The summed E-state index contributed by atoms with van der Waals surface area (Å²) < 4.78 is 14.8. The van der Waals surface area contributed by atoms with E-state index in [2.05, 4.69) is 40.6 Å². The third-order valence-corrected chi connectivity index (χ3v) is 12.3. The van der Waals surface area contributed by atoms with Crippen molar-refractivity contribution in [1.82, 2.24) is 39.0 Å². The van der Waals surface area contributed by atoms with Gasteiger partial charge in [0.1, 0.15) is 35.8 Å². The molecular weight excluding hydrogens is 877 g/mol. The van der Waals surface area contributed by atoms with Gasteiger partial charge in [-0.1, -0.05) is 0 Å². The number of nitrogens with two attached hydrogens (primary N) is 2. The van der Waals surface area contributed by atoms with Crippen LogP contribution < -0.4 is 41.4 Å². The van der Waals surface area contributed by atoms with Crippen molar-refractivity contribution < 1.29 is 38.9 Å². The lowest BCUT2D eigenvalue weighted by Gasteiger charge is -2.37. The molecule has 2 aromatic carbocycles. The summed E-state index contributed by atoms with van der Waals surface area (Å²) in [5.74, 6) is 0.0280. The first-order valence-corrected chi connectivity index (χ1v) is 22.3. The summed E-state index contributed by atoms with van der Waals surface area (Å²) in [5, 5.41) is 35.4. The van der Waals surface area contributed by atoms with E-state index in [1.54, 1.807) is 59.8 Å². The number of rotatable bonds is 10. The third kappa shape index (κ3) is 10.1. The molecule has 8 heterocycles.